The SMILES string of the molecule is COc1ccc(C)cc1CC(=O)Nc1ccc(C2=NCC(=O)NN2)cc1. The molecule has 7 heteroatoms. The first-order valence-electron chi connectivity index (χ1n) is 8.18. The van der Waals surface area contributed by atoms with Crippen LogP contribution in [0.2, 0.25) is 0 Å². The van der Waals surface area contributed by atoms with Gasteiger partial charge >= 0.3 is 0 Å². The van der Waals surface area contributed by atoms with Crippen molar-refractivity contribution in [3.8, 4) is 5.75 Å². The van der Waals surface area contributed by atoms with Gasteiger partial charge in [-0.2, -0.15) is 0 Å². The van der Waals surface area contributed by atoms with E-state index < -0.39 is 0 Å². The van der Waals surface area contributed by atoms with Crippen molar-refractivity contribution in [2.24, 2.45) is 4.99 Å². The molecule has 2 aromatic rings. The molecule has 0 aliphatic carbocycles. The number of benzene rings is 2. The first-order valence-corrected chi connectivity index (χ1v) is 8.18. The number of aliphatic imine (C=N–C) groups is 1. The highest BCUT2D eigenvalue weighted by molar-refractivity contribution is 6.03. The van der Waals surface area contributed by atoms with E-state index in [9.17, 15) is 9.59 Å². The first kappa shape index (κ1) is 17.5. The number of methoxy groups -OCH3 is 1. The van der Waals surface area contributed by atoms with E-state index in [1.807, 2.05) is 37.3 Å². The summed E-state index contributed by atoms with van der Waals surface area (Å²) in [5.74, 6) is 0.989. The van der Waals surface area contributed by atoms with Crippen LogP contribution in [0.1, 0.15) is 16.7 Å². The van der Waals surface area contributed by atoms with Crippen LogP contribution in [-0.4, -0.2) is 31.3 Å². The summed E-state index contributed by atoms with van der Waals surface area (Å²) in [6.45, 7) is 2.07. The molecule has 0 saturated heterocycles. The normalized spacial score (nSPS) is 13.3. The van der Waals surface area contributed by atoms with Crippen LogP contribution in [0.15, 0.2) is 47.5 Å². The average Bonchev–Trinajstić information content (AvgIpc) is 2.63. The number of ether oxygens (including phenoxy) is 1. The number of nitrogens with zero attached hydrogens (tertiary/aromatic N) is 1. The summed E-state index contributed by atoms with van der Waals surface area (Å²) in [5.41, 5.74) is 8.69. The Balaban J connectivity index is 1.65. The Labute approximate surface area is 151 Å². The molecule has 2 amide bonds. The van der Waals surface area contributed by atoms with Crippen molar-refractivity contribution in [3.63, 3.8) is 0 Å². The third-order valence-corrected chi connectivity index (χ3v) is 3.93. The van der Waals surface area contributed by atoms with Crippen molar-refractivity contribution in [2.45, 2.75) is 13.3 Å². The molecule has 0 unspecified atom stereocenters. The molecule has 1 aliphatic heterocycles. The van der Waals surface area contributed by atoms with Gasteiger partial charge in [-0.05, 0) is 37.3 Å². The number of amides is 2. The Morgan fingerprint density at radius 1 is 1.19 bits per heavy atom. The molecule has 3 rings (SSSR count). The molecule has 0 radical (unpaired) electrons. The number of anilines is 1. The van der Waals surface area contributed by atoms with E-state index in [0.717, 1.165) is 16.7 Å². The van der Waals surface area contributed by atoms with Crippen LogP contribution >= 0.6 is 0 Å². The lowest BCUT2D eigenvalue weighted by molar-refractivity contribution is -0.120. The van der Waals surface area contributed by atoms with Crippen LogP contribution in [0.3, 0.4) is 0 Å². The lowest BCUT2D eigenvalue weighted by Gasteiger charge is -2.16. The number of aryl methyl sites for hydroxylation is 1. The summed E-state index contributed by atoms with van der Waals surface area (Å²) in [4.78, 5) is 27.6. The smallest absolute Gasteiger partial charge is 0.260 e. The highest BCUT2D eigenvalue weighted by Crippen LogP contribution is 2.21. The molecule has 0 spiro atoms. The van der Waals surface area contributed by atoms with Gasteiger partial charge in [-0.25, -0.2) is 0 Å². The zero-order valence-corrected chi connectivity index (χ0v) is 14.6. The molecule has 0 saturated carbocycles. The summed E-state index contributed by atoms with van der Waals surface area (Å²) in [6, 6.07) is 13.0. The summed E-state index contributed by atoms with van der Waals surface area (Å²) in [5, 5.41) is 2.87. The minimum atomic E-state index is -0.177. The lowest BCUT2D eigenvalue weighted by Crippen LogP contribution is -2.47. The molecule has 3 N–H and O–H groups in total. The predicted molar refractivity (Wildman–Crippen MR) is 99.2 cm³/mol. The van der Waals surface area contributed by atoms with E-state index in [-0.39, 0.29) is 24.8 Å². The number of hydrogen-bond acceptors (Lipinski definition) is 5. The topological polar surface area (TPSA) is 91.8 Å². The molecule has 1 heterocycles. The number of nitrogens with one attached hydrogen (secondary N) is 3. The first-order chi connectivity index (χ1) is 12.5. The number of hydrogen-bond donors (Lipinski definition) is 3. The lowest BCUT2D eigenvalue weighted by atomic mass is 10.1. The predicted octanol–water partition coefficient (Wildman–Crippen LogP) is 1.57. The van der Waals surface area contributed by atoms with Gasteiger partial charge in [0.15, 0.2) is 0 Å². The van der Waals surface area contributed by atoms with Crippen LogP contribution < -0.4 is 20.9 Å². The Hall–Kier alpha value is -3.35. The van der Waals surface area contributed by atoms with Crippen LogP contribution in [0.25, 0.3) is 0 Å². The quantitative estimate of drug-likeness (QED) is 0.762. The van der Waals surface area contributed by atoms with Crippen LogP contribution in [0.4, 0.5) is 5.69 Å². The maximum atomic E-state index is 12.3. The molecule has 7 nitrogen and oxygen atoms in total. The minimum Gasteiger partial charge on any atom is -0.496 e. The molecular weight excluding hydrogens is 332 g/mol. The molecular formula is C19H20N4O3. The van der Waals surface area contributed by atoms with E-state index in [1.165, 1.54) is 0 Å². The van der Waals surface area contributed by atoms with E-state index in [1.54, 1.807) is 19.2 Å². The van der Waals surface area contributed by atoms with Gasteiger partial charge in [0.05, 0.1) is 13.5 Å². The van der Waals surface area contributed by atoms with Crippen molar-refractivity contribution in [2.75, 3.05) is 19.0 Å². The summed E-state index contributed by atoms with van der Waals surface area (Å²) in [6.07, 6.45) is 0.229. The highest BCUT2D eigenvalue weighted by Gasteiger charge is 2.12. The van der Waals surface area contributed by atoms with Gasteiger partial charge in [0.2, 0.25) is 5.91 Å². The third-order valence-electron chi connectivity index (χ3n) is 3.93. The second kappa shape index (κ2) is 7.69. The zero-order chi connectivity index (χ0) is 18.5. The van der Waals surface area contributed by atoms with Gasteiger partial charge in [-0.3, -0.25) is 25.4 Å². The number of carbonyl (C=O) groups is 2. The minimum absolute atomic E-state index is 0.0964. The van der Waals surface area contributed by atoms with Crippen molar-refractivity contribution >= 4 is 23.3 Å². The molecule has 0 bridgehead atoms. The summed E-state index contributed by atoms with van der Waals surface area (Å²) >= 11 is 0. The molecule has 26 heavy (non-hydrogen) atoms. The van der Waals surface area contributed by atoms with E-state index in [0.29, 0.717) is 17.3 Å². The number of carbonyl (C=O) groups excluding carboxylic acids is 2. The second-order valence-electron chi connectivity index (χ2n) is 5.96. The maximum absolute atomic E-state index is 12.3. The van der Waals surface area contributed by atoms with E-state index >= 15 is 0 Å². The van der Waals surface area contributed by atoms with Gasteiger partial charge in [0.25, 0.3) is 5.91 Å². The van der Waals surface area contributed by atoms with Crippen molar-refractivity contribution in [3.05, 3.63) is 59.2 Å². The Morgan fingerprint density at radius 3 is 2.62 bits per heavy atom. The number of amidine groups is 1. The van der Waals surface area contributed by atoms with Crippen LogP contribution in [0, 0.1) is 6.92 Å². The monoisotopic (exact) mass is 352 g/mol. The van der Waals surface area contributed by atoms with Gasteiger partial charge in [0.1, 0.15) is 18.1 Å². The molecule has 2 aromatic carbocycles. The fraction of sp³-hybridized carbons (Fsp3) is 0.211. The maximum Gasteiger partial charge on any atom is 0.260 e. The molecule has 134 valence electrons. The van der Waals surface area contributed by atoms with Gasteiger partial charge in [-0.1, -0.05) is 17.7 Å². The number of hydrazine groups is 1. The molecule has 0 atom stereocenters. The largest absolute Gasteiger partial charge is 0.496 e. The third kappa shape index (κ3) is 4.18. The van der Waals surface area contributed by atoms with E-state index in [4.69, 9.17) is 4.74 Å². The molecule has 0 fully saturated rings. The Kier molecular flexibility index (Phi) is 5.17. The highest BCUT2D eigenvalue weighted by atomic mass is 16.5. The summed E-state index contributed by atoms with van der Waals surface area (Å²) in [7, 11) is 1.59. The van der Waals surface area contributed by atoms with Gasteiger partial charge in [-0.15, -0.1) is 0 Å². The zero-order valence-electron chi connectivity index (χ0n) is 14.6. The summed E-state index contributed by atoms with van der Waals surface area (Å²) < 4.78 is 5.31. The Morgan fingerprint density at radius 2 is 1.96 bits per heavy atom. The number of rotatable bonds is 5. The van der Waals surface area contributed by atoms with Gasteiger partial charge in [0, 0.05) is 16.8 Å². The van der Waals surface area contributed by atoms with Gasteiger partial charge < -0.3 is 10.1 Å². The van der Waals surface area contributed by atoms with Crippen LogP contribution in [0.5, 0.6) is 5.75 Å². The average molecular weight is 352 g/mol. The Bertz CT molecular complexity index is 860. The fourth-order valence-electron chi connectivity index (χ4n) is 2.66. The van der Waals surface area contributed by atoms with Crippen molar-refractivity contribution < 1.29 is 14.3 Å². The molecule has 0 aromatic heterocycles. The van der Waals surface area contributed by atoms with Crippen molar-refractivity contribution in [1.29, 1.82) is 0 Å². The molecule has 1 aliphatic rings. The van der Waals surface area contributed by atoms with E-state index in [2.05, 4.69) is 21.2 Å². The second-order valence-corrected chi connectivity index (χ2v) is 5.96. The standard InChI is InChI=1S/C19H20N4O3/c1-12-3-8-16(26-2)14(9-12)10-17(24)21-15-6-4-13(5-7-15)19-20-11-18(25)22-23-19/h3-9H,10-11H2,1-2H3,(H,20,23)(H,21,24)(H,22,25). The van der Waals surface area contributed by atoms with Crippen LogP contribution in [-0.2, 0) is 16.0 Å². The van der Waals surface area contributed by atoms with Crippen molar-refractivity contribution in [1.82, 2.24) is 10.9 Å². The fourth-order valence-corrected chi connectivity index (χ4v) is 2.66.